The second-order valence-electron chi connectivity index (χ2n) is 6.47. The normalized spacial score (nSPS) is 11.1. The zero-order valence-electron chi connectivity index (χ0n) is 15.2. The van der Waals surface area contributed by atoms with Gasteiger partial charge in [-0.05, 0) is 60.2 Å². The Balaban J connectivity index is 1.76. The Labute approximate surface area is 163 Å². The summed E-state index contributed by atoms with van der Waals surface area (Å²) < 4.78 is 6.08. The molecule has 138 valence electrons. The molecule has 0 fully saturated rings. The third kappa shape index (κ3) is 3.73. The van der Waals surface area contributed by atoms with Gasteiger partial charge in [-0.1, -0.05) is 24.3 Å². The quantitative estimate of drug-likeness (QED) is 0.443. The molecule has 4 aromatic rings. The van der Waals surface area contributed by atoms with E-state index in [4.69, 9.17) is 26.6 Å². The fourth-order valence-corrected chi connectivity index (χ4v) is 2.85. The molecule has 5 nitrogen and oxygen atoms in total. The Morgan fingerprint density at radius 1 is 0.607 bits per heavy atom. The Morgan fingerprint density at radius 3 is 1.68 bits per heavy atom. The van der Waals surface area contributed by atoms with E-state index in [1.165, 1.54) is 0 Å². The fourth-order valence-electron chi connectivity index (χ4n) is 2.85. The molecule has 1 heterocycles. The predicted octanol–water partition coefficient (Wildman–Crippen LogP) is 4.93. The average Bonchev–Trinajstić information content (AvgIpc) is 3.13. The summed E-state index contributed by atoms with van der Waals surface area (Å²) in [5, 5.41) is 0. The van der Waals surface area contributed by atoms with Crippen molar-refractivity contribution in [3.05, 3.63) is 84.3 Å². The number of hydrogen-bond donors (Lipinski definition) is 3. The number of nitrogens with zero attached hydrogens (tertiary/aromatic N) is 1. The van der Waals surface area contributed by atoms with E-state index in [1.807, 2.05) is 84.9 Å². The van der Waals surface area contributed by atoms with Gasteiger partial charge in [-0.25, -0.2) is 4.98 Å². The fraction of sp³-hybridized carbons (Fsp3) is 0. The Hall–Kier alpha value is -3.99. The predicted molar refractivity (Wildman–Crippen MR) is 116 cm³/mol. The highest BCUT2D eigenvalue weighted by molar-refractivity contribution is 5.79. The summed E-state index contributed by atoms with van der Waals surface area (Å²) in [6.45, 7) is 0. The maximum atomic E-state index is 6.08. The summed E-state index contributed by atoms with van der Waals surface area (Å²) in [5.74, 6) is 1.19. The van der Waals surface area contributed by atoms with E-state index in [0.29, 0.717) is 23.0 Å². The number of nitrogens with two attached hydrogens (primary N) is 3. The third-order valence-electron chi connectivity index (χ3n) is 4.36. The van der Waals surface area contributed by atoms with Crippen molar-refractivity contribution in [2.24, 2.45) is 0 Å². The van der Waals surface area contributed by atoms with Crippen LogP contribution in [0, 0.1) is 0 Å². The first-order valence-electron chi connectivity index (χ1n) is 8.85. The molecule has 0 saturated heterocycles. The highest BCUT2D eigenvalue weighted by Gasteiger charge is 2.16. The van der Waals surface area contributed by atoms with Crippen LogP contribution in [-0.4, -0.2) is 4.98 Å². The number of nitrogen functional groups attached to an aromatic ring is 3. The van der Waals surface area contributed by atoms with Gasteiger partial charge < -0.3 is 21.6 Å². The standard InChI is InChI=1S/C23H20N4O/c24-18-8-1-15(2-9-18)3-14-21-27-22(16-4-10-19(25)11-5-16)23(28-21)17-6-12-20(26)13-7-17/h1-14H,24-26H2/b14-3+. The van der Waals surface area contributed by atoms with Crippen molar-refractivity contribution in [1.29, 1.82) is 0 Å². The second-order valence-corrected chi connectivity index (χ2v) is 6.47. The zero-order chi connectivity index (χ0) is 19.5. The van der Waals surface area contributed by atoms with Gasteiger partial charge >= 0.3 is 0 Å². The van der Waals surface area contributed by atoms with E-state index in [0.717, 1.165) is 28.1 Å². The first-order chi connectivity index (χ1) is 13.6. The maximum Gasteiger partial charge on any atom is 0.220 e. The van der Waals surface area contributed by atoms with Crippen LogP contribution < -0.4 is 17.2 Å². The molecule has 5 heteroatoms. The van der Waals surface area contributed by atoms with Crippen molar-refractivity contribution >= 4 is 29.2 Å². The van der Waals surface area contributed by atoms with Gasteiger partial charge in [0.1, 0.15) is 5.69 Å². The molecule has 0 bridgehead atoms. The Morgan fingerprint density at radius 2 is 1.11 bits per heavy atom. The smallest absolute Gasteiger partial charge is 0.220 e. The summed E-state index contributed by atoms with van der Waals surface area (Å²) in [7, 11) is 0. The Kier molecular flexibility index (Phi) is 4.56. The topological polar surface area (TPSA) is 104 Å². The van der Waals surface area contributed by atoms with Crippen LogP contribution in [-0.2, 0) is 0 Å². The molecule has 0 amide bonds. The van der Waals surface area contributed by atoms with Crippen molar-refractivity contribution in [2.45, 2.75) is 0 Å². The monoisotopic (exact) mass is 368 g/mol. The van der Waals surface area contributed by atoms with E-state index in [-0.39, 0.29) is 0 Å². The second kappa shape index (κ2) is 7.32. The molecule has 4 rings (SSSR count). The highest BCUT2D eigenvalue weighted by atomic mass is 16.4. The van der Waals surface area contributed by atoms with E-state index in [9.17, 15) is 0 Å². The largest absolute Gasteiger partial charge is 0.436 e. The van der Waals surface area contributed by atoms with E-state index in [1.54, 1.807) is 0 Å². The van der Waals surface area contributed by atoms with Gasteiger partial charge in [0.2, 0.25) is 5.89 Å². The number of rotatable bonds is 4. The lowest BCUT2D eigenvalue weighted by molar-refractivity contribution is 0.561. The molecule has 0 aliphatic rings. The van der Waals surface area contributed by atoms with Crippen molar-refractivity contribution in [1.82, 2.24) is 4.98 Å². The summed E-state index contributed by atoms with van der Waals surface area (Å²) in [4.78, 5) is 4.69. The minimum Gasteiger partial charge on any atom is -0.436 e. The van der Waals surface area contributed by atoms with Gasteiger partial charge in [-0.15, -0.1) is 0 Å². The molecule has 6 N–H and O–H groups in total. The molecule has 0 aliphatic carbocycles. The molecule has 0 aliphatic heterocycles. The van der Waals surface area contributed by atoms with Gasteiger partial charge in [0.05, 0.1) is 0 Å². The molecule has 0 atom stereocenters. The molecule has 0 radical (unpaired) electrons. The summed E-state index contributed by atoms with van der Waals surface area (Å²) in [6, 6.07) is 22.7. The van der Waals surface area contributed by atoms with Crippen molar-refractivity contribution in [3.63, 3.8) is 0 Å². The molecule has 0 unspecified atom stereocenters. The van der Waals surface area contributed by atoms with Gasteiger partial charge in [0, 0.05) is 34.3 Å². The molecule has 0 spiro atoms. The number of oxazole rings is 1. The van der Waals surface area contributed by atoms with E-state index >= 15 is 0 Å². The molecule has 1 aromatic heterocycles. The number of anilines is 3. The van der Waals surface area contributed by atoms with Gasteiger partial charge in [-0.3, -0.25) is 0 Å². The van der Waals surface area contributed by atoms with Crippen LogP contribution in [0.3, 0.4) is 0 Å². The molecule has 0 saturated carbocycles. The minimum atomic E-state index is 0.510. The van der Waals surface area contributed by atoms with Crippen LogP contribution in [0.5, 0.6) is 0 Å². The molecule has 28 heavy (non-hydrogen) atoms. The highest BCUT2D eigenvalue weighted by Crippen LogP contribution is 2.34. The number of aromatic nitrogens is 1. The number of hydrogen-bond acceptors (Lipinski definition) is 5. The van der Waals surface area contributed by atoms with Gasteiger partial charge in [-0.2, -0.15) is 0 Å². The minimum absolute atomic E-state index is 0.510. The van der Waals surface area contributed by atoms with Crippen LogP contribution in [0.1, 0.15) is 11.5 Å². The van der Waals surface area contributed by atoms with Gasteiger partial charge in [0.15, 0.2) is 5.76 Å². The van der Waals surface area contributed by atoms with Gasteiger partial charge in [0.25, 0.3) is 0 Å². The maximum absolute atomic E-state index is 6.08. The van der Waals surface area contributed by atoms with Crippen LogP contribution in [0.2, 0.25) is 0 Å². The van der Waals surface area contributed by atoms with Crippen molar-refractivity contribution < 1.29 is 4.42 Å². The Bertz CT molecular complexity index is 1050. The van der Waals surface area contributed by atoms with Crippen molar-refractivity contribution in [3.8, 4) is 22.6 Å². The van der Waals surface area contributed by atoms with Crippen molar-refractivity contribution in [2.75, 3.05) is 17.2 Å². The lowest BCUT2D eigenvalue weighted by Crippen LogP contribution is -1.87. The zero-order valence-corrected chi connectivity index (χ0v) is 15.2. The molecular weight excluding hydrogens is 348 g/mol. The summed E-state index contributed by atoms with van der Waals surface area (Å²) in [6.07, 6.45) is 3.78. The van der Waals surface area contributed by atoms with Crippen LogP contribution >= 0.6 is 0 Å². The third-order valence-corrected chi connectivity index (χ3v) is 4.36. The van der Waals surface area contributed by atoms with E-state index in [2.05, 4.69) is 0 Å². The van der Waals surface area contributed by atoms with E-state index < -0.39 is 0 Å². The molecular formula is C23H20N4O. The first kappa shape index (κ1) is 17.4. The summed E-state index contributed by atoms with van der Waals surface area (Å²) in [5.41, 5.74) is 23.1. The lowest BCUT2D eigenvalue weighted by atomic mass is 10.1. The van der Waals surface area contributed by atoms with Crippen LogP contribution in [0.4, 0.5) is 17.1 Å². The van der Waals surface area contributed by atoms with Crippen LogP contribution in [0.15, 0.2) is 77.2 Å². The molecule has 3 aromatic carbocycles. The summed E-state index contributed by atoms with van der Waals surface area (Å²) >= 11 is 0. The lowest BCUT2D eigenvalue weighted by Gasteiger charge is -2.02. The number of benzene rings is 3. The van der Waals surface area contributed by atoms with Crippen LogP contribution in [0.25, 0.3) is 34.7 Å². The SMILES string of the molecule is Nc1ccc(/C=C/c2nc(-c3ccc(N)cc3)c(-c3ccc(N)cc3)o2)cc1. The first-order valence-corrected chi connectivity index (χ1v) is 8.85. The average molecular weight is 368 g/mol.